The Morgan fingerprint density at radius 3 is 2.70 bits per heavy atom. The molecule has 0 bridgehead atoms. The lowest BCUT2D eigenvalue weighted by molar-refractivity contribution is 0.0600. The van der Waals surface area contributed by atoms with Gasteiger partial charge in [0.05, 0.1) is 12.7 Å². The van der Waals surface area contributed by atoms with E-state index >= 15 is 0 Å². The van der Waals surface area contributed by atoms with Crippen LogP contribution in [0.5, 0.6) is 0 Å². The van der Waals surface area contributed by atoms with Gasteiger partial charge >= 0.3 is 5.97 Å². The average Bonchev–Trinajstić information content (AvgIpc) is 3.04. The minimum absolute atomic E-state index is 0.399. The van der Waals surface area contributed by atoms with Gasteiger partial charge < -0.3 is 9.30 Å². The molecule has 5 nitrogen and oxygen atoms in total. The molecule has 2 heterocycles. The molecule has 3 rings (SSSR count). The molecule has 0 N–H and O–H groups in total. The first kappa shape index (κ1) is 15.2. The molecule has 0 aliphatic carbocycles. The Balaban J connectivity index is 1.91. The van der Waals surface area contributed by atoms with Gasteiger partial charge in [0.15, 0.2) is 5.82 Å². The van der Waals surface area contributed by atoms with Crippen LogP contribution in [0.4, 0.5) is 0 Å². The zero-order valence-corrected chi connectivity index (χ0v) is 13.2. The number of esters is 1. The maximum atomic E-state index is 11.7. The predicted octanol–water partition coefficient (Wildman–Crippen LogP) is 3.43. The highest BCUT2D eigenvalue weighted by Crippen LogP contribution is 2.19. The molecule has 0 saturated carbocycles. The SMILES string of the molecule is COC(=O)c1ccnc(-c2nccn2Cc2ccc(Cl)cc2)c1. The van der Waals surface area contributed by atoms with Crippen LogP contribution in [0.3, 0.4) is 0 Å². The van der Waals surface area contributed by atoms with Crippen LogP contribution < -0.4 is 0 Å². The number of carbonyl (C=O) groups excluding carboxylic acids is 1. The van der Waals surface area contributed by atoms with Crippen molar-refractivity contribution in [3.8, 4) is 11.5 Å². The summed E-state index contributed by atoms with van der Waals surface area (Å²) in [6.45, 7) is 0.636. The van der Waals surface area contributed by atoms with E-state index in [2.05, 4.69) is 9.97 Å². The minimum Gasteiger partial charge on any atom is -0.465 e. The lowest BCUT2D eigenvalue weighted by Crippen LogP contribution is -2.05. The van der Waals surface area contributed by atoms with Crippen molar-refractivity contribution in [2.45, 2.75) is 6.54 Å². The number of pyridine rings is 1. The number of nitrogens with zero attached hydrogens (tertiary/aromatic N) is 3. The van der Waals surface area contributed by atoms with Crippen LogP contribution in [0.1, 0.15) is 15.9 Å². The van der Waals surface area contributed by atoms with E-state index in [1.807, 2.05) is 35.0 Å². The number of aromatic nitrogens is 3. The number of imidazole rings is 1. The Morgan fingerprint density at radius 2 is 1.96 bits per heavy atom. The monoisotopic (exact) mass is 327 g/mol. The van der Waals surface area contributed by atoms with Gasteiger partial charge in [-0.1, -0.05) is 23.7 Å². The van der Waals surface area contributed by atoms with Gasteiger partial charge in [-0.15, -0.1) is 0 Å². The van der Waals surface area contributed by atoms with E-state index < -0.39 is 5.97 Å². The van der Waals surface area contributed by atoms with E-state index in [4.69, 9.17) is 16.3 Å². The third kappa shape index (κ3) is 3.40. The predicted molar refractivity (Wildman–Crippen MR) is 87.4 cm³/mol. The smallest absolute Gasteiger partial charge is 0.337 e. The summed E-state index contributed by atoms with van der Waals surface area (Å²) in [5, 5.41) is 0.701. The Labute approximate surface area is 138 Å². The second kappa shape index (κ2) is 6.62. The highest BCUT2D eigenvalue weighted by Gasteiger charge is 2.12. The third-order valence-electron chi connectivity index (χ3n) is 3.39. The molecule has 0 fully saturated rings. The fourth-order valence-electron chi connectivity index (χ4n) is 2.25. The molecule has 6 heteroatoms. The summed E-state index contributed by atoms with van der Waals surface area (Å²) in [6.07, 6.45) is 5.15. The molecule has 0 saturated heterocycles. The second-order valence-electron chi connectivity index (χ2n) is 4.93. The molecule has 0 radical (unpaired) electrons. The van der Waals surface area contributed by atoms with Gasteiger partial charge in [-0.2, -0.15) is 0 Å². The summed E-state index contributed by atoms with van der Waals surface area (Å²) >= 11 is 5.91. The molecule has 0 aliphatic heterocycles. The first-order valence-electron chi connectivity index (χ1n) is 6.97. The number of benzene rings is 1. The van der Waals surface area contributed by atoms with Crippen LogP contribution in [-0.2, 0) is 11.3 Å². The molecule has 0 amide bonds. The van der Waals surface area contributed by atoms with Crippen LogP contribution in [-0.4, -0.2) is 27.6 Å². The third-order valence-corrected chi connectivity index (χ3v) is 3.64. The molecule has 0 atom stereocenters. The van der Waals surface area contributed by atoms with Gasteiger partial charge in [0.2, 0.25) is 0 Å². The number of methoxy groups -OCH3 is 1. The number of rotatable bonds is 4. The Morgan fingerprint density at radius 1 is 1.17 bits per heavy atom. The van der Waals surface area contributed by atoms with Gasteiger partial charge in [0.25, 0.3) is 0 Å². The zero-order chi connectivity index (χ0) is 16.2. The van der Waals surface area contributed by atoms with Crippen LogP contribution in [0.15, 0.2) is 55.0 Å². The van der Waals surface area contributed by atoms with Crippen molar-refractivity contribution in [3.63, 3.8) is 0 Å². The fraction of sp³-hybridized carbons (Fsp3) is 0.118. The van der Waals surface area contributed by atoms with Crippen molar-refractivity contribution in [1.82, 2.24) is 14.5 Å². The van der Waals surface area contributed by atoms with Crippen molar-refractivity contribution < 1.29 is 9.53 Å². The molecule has 2 aromatic heterocycles. The average molecular weight is 328 g/mol. The van der Waals surface area contributed by atoms with E-state index in [1.165, 1.54) is 7.11 Å². The topological polar surface area (TPSA) is 57.0 Å². The summed E-state index contributed by atoms with van der Waals surface area (Å²) in [5.41, 5.74) is 2.16. The van der Waals surface area contributed by atoms with Crippen LogP contribution in [0.2, 0.25) is 5.02 Å². The lowest BCUT2D eigenvalue weighted by Gasteiger charge is -2.08. The van der Waals surface area contributed by atoms with Crippen LogP contribution in [0.25, 0.3) is 11.5 Å². The van der Waals surface area contributed by atoms with Gasteiger partial charge in [-0.25, -0.2) is 9.78 Å². The second-order valence-corrected chi connectivity index (χ2v) is 5.36. The zero-order valence-electron chi connectivity index (χ0n) is 12.4. The van der Waals surface area contributed by atoms with Crippen LogP contribution >= 0.6 is 11.6 Å². The number of ether oxygens (including phenoxy) is 1. The fourth-order valence-corrected chi connectivity index (χ4v) is 2.38. The van der Waals surface area contributed by atoms with Crippen molar-refractivity contribution >= 4 is 17.6 Å². The van der Waals surface area contributed by atoms with E-state index in [1.54, 1.807) is 24.5 Å². The molecule has 1 aromatic carbocycles. The summed E-state index contributed by atoms with van der Waals surface area (Å²) < 4.78 is 6.70. The summed E-state index contributed by atoms with van der Waals surface area (Å²) in [4.78, 5) is 20.3. The minimum atomic E-state index is -0.399. The Kier molecular flexibility index (Phi) is 4.39. The van der Waals surface area contributed by atoms with Crippen molar-refractivity contribution in [3.05, 3.63) is 71.1 Å². The lowest BCUT2D eigenvalue weighted by atomic mass is 10.2. The number of hydrogen-bond donors (Lipinski definition) is 0. The molecule has 0 unspecified atom stereocenters. The summed E-state index contributed by atoms with van der Waals surface area (Å²) in [5.74, 6) is 0.287. The van der Waals surface area contributed by atoms with Gasteiger partial charge in [-0.05, 0) is 29.8 Å². The van der Waals surface area contributed by atoms with Crippen molar-refractivity contribution in [2.24, 2.45) is 0 Å². The standard InChI is InChI=1S/C17H14ClN3O2/c1-23-17(22)13-6-7-19-15(10-13)16-20-8-9-21(16)11-12-2-4-14(18)5-3-12/h2-10H,11H2,1H3. The number of hydrogen-bond acceptors (Lipinski definition) is 4. The number of halogens is 1. The maximum absolute atomic E-state index is 11.7. The molecule has 3 aromatic rings. The van der Waals surface area contributed by atoms with Gasteiger partial charge in [-0.3, -0.25) is 4.98 Å². The Hall–Kier alpha value is -2.66. The normalized spacial score (nSPS) is 10.5. The molecule has 0 aliphatic rings. The van der Waals surface area contributed by atoms with E-state index in [0.29, 0.717) is 28.6 Å². The first-order chi connectivity index (χ1) is 11.2. The van der Waals surface area contributed by atoms with Gasteiger partial charge in [0, 0.05) is 30.2 Å². The van der Waals surface area contributed by atoms with E-state index in [9.17, 15) is 4.79 Å². The highest BCUT2D eigenvalue weighted by atomic mass is 35.5. The molecule has 23 heavy (non-hydrogen) atoms. The quantitative estimate of drug-likeness (QED) is 0.689. The molecular formula is C17H14ClN3O2. The molecule has 0 spiro atoms. The maximum Gasteiger partial charge on any atom is 0.337 e. The van der Waals surface area contributed by atoms with E-state index in [0.717, 1.165) is 5.56 Å². The van der Waals surface area contributed by atoms with Crippen molar-refractivity contribution in [1.29, 1.82) is 0 Å². The summed E-state index contributed by atoms with van der Waals surface area (Å²) in [7, 11) is 1.35. The molecular weight excluding hydrogens is 314 g/mol. The highest BCUT2D eigenvalue weighted by molar-refractivity contribution is 6.30. The van der Waals surface area contributed by atoms with Crippen LogP contribution in [0, 0.1) is 0 Å². The first-order valence-corrected chi connectivity index (χ1v) is 7.35. The Bertz CT molecular complexity index is 828. The largest absolute Gasteiger partial charge is 0.465 e. The molecule has 116 valence electrons. The summed E-state index contributed by atoms with van der Waals surface area (Å²) in [6, 6.07) is 10.9. The number of carbonyl (C=O) groups is 1. The van der Waals surface area contributed by atoms with E-state index in [-0.39, 0.29) is 0 Å². The van der Waals surface area contributed by atoms with Gasteiger partial charge in [0.1, 0.15) is 5.69 Å². The van der Waals surface area contributed by atoms with Crippen molar-refractivity contribution in [2.75, 3.05) is 7.11 Å².